The van der Waals surface area contributed by atoms with Gasteiger partial charge in [0.1, 0.15) is 11.3 Å². The molecule has 0 aliphatic heterocycles. The molecule has 0 unspecified atom stereocenters. The smallest absolute Gasteiger partial charge is 0.342 e. The molecule has 3 aromatic rings. The molecule has 0 spiro atoms. The fourth-order valence-corrected chi connectivity index (χ4v) is 3.52. The zero-order chi connectivity index (χ0) is 20.9. The Morgan fingerprint density at radius 2 is 1.77 bits per heavy atom. The molecule has 0 N–H and O–H groups in total. The van der Waals surface area contributed by atoms with E-state index in [0.717, 1.165) is 11.3 Å². The van der Waals surface area contributed by atoms with Crippen LogP contribution < -0.4 is 4.74 Å². The second kappa shape index (κ2) is 8.74. The van der Waals surface area contributed by atoms with Crippen molar-refractivity contribution in [1.82, 2.24) is 4.98 Å². The van der Waals surface area contributed by atoms with E-state index in [9.17, 15) is 9.59 Å². The molecule has 150 valence electrons. The van der Waals surface area contributed by atoms with Gasteiger partial charge in [-0.2, -0.15) is 0 Å². The number of pyridine rings is 1. The number of benzene rings is 2. The zero-order valence-corrected chi connectivity index (χ0v) is 16.6. The molecule has 2 aromatic carbocycles. The van der Waals surface area contributed by atoms with Gasteiger partial charge in [0, 0.05) is 29.4 Å². The molecule has 0 atom stereocenters. The van der Waals surface area contributed by atoms with Crippen molar-refractivity contribution in [2.45, 2.75) is 13.3 Å². The fraction of sp³-hybridized carbons (Fsp3) is 0.160. The Kier molecular flexibility index (Phi) is 5.70. The molecule has 0 saturated carbocycles. The molecule has 0 amide bonds. The molecule has 30 heavy (non-hydrogen) atoms. The summed E-state index contributed by atoms with van der Waals surface area (Å²) in [5, 5.41) is 0. The minimum Gasteiger partial charge on any atom is -0.493 e. The molecule has 1 aliphatic carbocycles. The van der Waals surface area contributed by atoms with Crippen molar-refractivity contribution >= 4 is 17.3 Å². The lowest BCUT2D eigenvalue weighted by Gasteiger charge is -2.09. The average molecular weight is 399 g/mol. The van der Waals surface area contributed by atoms with E-state index >= 15 is 0 Å². The average Bonchev–Trinajstić information content (AvgIpc) is 3.07. The fourth-order valence-electron chi connectivity index (χ4n) is 3.52. The van der Waals surface area contributed by atoms with Crippen LogP contribution in [0.5, 0.6) is 5.75 Å². The van der Waals surface area contributed by atoms with E-state index in [1.54, 1.807) is 19.2 Å². The summed E-state index contributed by atoms with van der Waals surface area (Å²) in [6.45, 7) is 2.37. The molecule has 1 heterocycles. The number of hydrogen-bond acceptors (Lipinski definition) is 5. The van der Waals surface area contributed by atoms with Crippen LogP contribution in [0.1, 0.15) is 34.1 Å². The van der Waals surface area contributed by atoms with Crippen molar-refractivity contribution in [3.05, 3.63) is 101 Å². The first-order valence-corrected chi connectivity index (χ1v) is 9.87. The van der Waals surface area contributed by atoms with E-state index in [0.29, 0.717) is 35.5 Å². The third-order valence-electron chi connectivity index (χ3n) is 4.88. The number of fused-ring (bicyclic) bond motifs is 1. The lowest BCUT2D eigenvalue weighted by Crippen LogP contribution is -2.14. The summed E-state index contributed by atoms with van der Waals surface area (Å²) in [6.07, 6.45) is 2.41. The number of esters is 1. The van der Waals surface area contributed by atoms with Crippen LogP contribution in [-0.2, 0) is 16.0 Å². The number of ketones is 1. The molecule has 5 nitrogen and oxygen atoms in total. The Morgan fingerprint density at radius 1 is 0.967 bits per heavy atom. The first kappa shape index (κ1) is 19.6. The van der Waals surface area contributed by atoms with Crippen molar-refractivity contribution in [3.63, 3.8) is 0 Å². The van der Waals surface area contributed by atoms with E-state index in [1.807, 2.05) is 60.7 Å². The van der Waals surface area contributed by atoms with Crippen molar-refractivity contribution in [1.29, 1.82) is 0 Å². The van der Waals surface area contributed by atoms with Gasteiger partial charge in [-0.25, -0.2) is 4.79 Å². The minimum absolute atomic E-state index is 0.0729. The van der Waals surface area contributed by atoms with Crippen LogP contribution in [0, 0.1) is 0 Å². The first-order valence-electron chi connectivity index (χ1n) is 9.87. The molecule has 0 bridgehead atoms. The highest BCUT2D eigenvalue weighted by Gasteiger charge is 2.35. The Labute approximate surface area is 175 Å². The largest absolute Gasteiger partial charge is 0.493 e. The van der Waals surface area contributed by atoms with E-state index < -0.39 is 5.97 Å². The lowest BCUT2D eigenvalue weighted by atomic mass is 9.97. The van der Waals surface area contributed by atoms with Crippen LogP contribution in [-0.4, -0.2) is 30.0 Å². The predicted molar refractivity (Wildman–Crippen MR) is 113 cm³/mol. The number of nitrogens with zero attached hydrogens (tertiary/aromatic N) is 1. The van der Waals surface area contributed by atoms with Crippen molar-refractivity contribution in [2.75, 3.05) is 13.2 Å². The summed E-state index contributed by atoms with van der Waals surface area (Å²) >= 11 is 0. The Morgan fingerprint density at radius 3 is 2.50 bits per heavy atom. The van der Waals surface area contributed by atoms with Gasteiger partial charge in [0.2, 0.25) is 5.78 Å². The topological polar surface area (TPSA) is 65.5 Å². The number of carbonyl (C=O) groups excluding carboxylic acids is 2. The van der Waals surface area contributed by atoms with Gasteiger partial charge in [-0.1, -0.05) is 36.4 Å². The van der Waals surface area contributed by atoms with E-state index in [4.69, 9.17) is 9.47 Å². The summed E-state index contributed by atoms with van der Waals surface area (Å²) < 4.78 is 11.0. The van der Waals surface area contributed by atoms with Crippen LogP contribution in [0.15, 0.2) is 78.5 Å². The van der Waals surface area contributed by atoms with Crippen LogP contribution >= 0.6 is 0 Å². The molecule has 0 radical (unpaired) electrons. The molecular formula is C25H21NO4. The molecule has 1 aromatic heterocycles. The first-order chi connectivity index (χ1) is 14.7. The minimum atomic E-state index is -0.602. The lowest BCUT2D eigenvalue weighted by molar-refractivity contribution is -0.137. The van der Waals surface area contributed by atoms with Crippen molar-refractivity contribution in [3.8, 4) is 5.75 Å². The van der Waals surface area contributed by atoms with Gasteiger partial charge in [-0.15, -0.1) is 0 Å². The van der Waals surface area contributed by atoms with Gasteiger partial charge in [0.05, 0.1) is 13.2 Å². The maximum atomic E-state index is 13.1. The highest BCUT2D eigenvalue weighted by molar-refractivity contribution is 6.35. The third kappa shape index (κ3) is 3.87. The van der Waals surface area contributed by atoms with Gasteiger partial charge in [0.15, 0.2) is 0 Å². The summed E-state index contributed by atoms with van der Waals surface area (Å²) in [4.78, 5) is 30.0. The number of hydrogen-bond donors (Lipinski definition) is 0. The number of Topliss-reactive ketones (excluding diaryl/α,β-unsaturated/α-hetero) is 1. The Balaban J connectivity index is 1.62. The summed E-state index contributed by atoms with van der Waals surface area (Å²) in [7, 11) is 0. The molecule has 4 rings (SSSR count). The van der Waals surface area contributed by atoms with E-state index in [1.165, 1.54) is 0 Å². The number of rotatable bonds is 7. The number of aromatic nitrogens is 1. The Hall–Kier alpha value is -3.73. The Bertz CT molecular complexity index is 1100. The van der Waals surface area contributed by atoms with Crippen LogP contribution in [0.2, 0.25) is 0 Å². The number of ether oxygens (including phenoxy) is 2. The van der Waals surface area contributed by atoms with Crippen LogP contribution in [0.25, 0.3) is 5.57 Å². The molecular weight excluding hydrogens is 378 g/mol. The highest BCUT2D eigenvalue weighted by atomic mass is 16.5. The van der Waals surface area contributed by atoms with Gasteiger partial charge in [-0.05, 0) is 48.4 Å². The molecule has 0 fully saturated rings. The zero-order valence-electron chi connectivity index (χ0n) is 16.6. The van der Waals surface area contributed by atoms with E-state index in [2.05, 4.69) is 4.98 Å². The third-order valence-corrected chi connectivity index (χ3v) is 4.88. The molecule has 1 aliphatic rings. The molecule has 0 saturated heterocycles. The van der Waals surface area contributed by atoms with E-state index in [-0.39, 0.29) is 18.0 Å². The van der Waals surface area contributed by atoms with Crippen molar-refractivity contribution in [2.24, 2.45) is 0 Å². The summed E-state index contributed by atoms with van der Waals surface area (Å²) in [5.41, 5.74) is 3.58. The SMILES string of the molecule is CCOC(=O)C1=C(c2ccccc2)c2ccc(OCCc3ccccn3)cc2C1=O. The predicted octanol–water partition coefficient (Wildman–Crippen LogP) is 4.26. The maximum Gasteiger partial charge on any atom is 0.342 e. The maximum absolute atomic E-state index is 13.1. The number of carbonyl (C=O) groups is 2. The molecule has 5 heteroatoms. The quantitative estimate of drug-likeness (QED) is 0.439. The van der Waals surface area contributed by atoms with Crippen molar-refractivity contribution < 1.29 is 19.1 Å². The van der Waals surface area contributed by atoms with Gasteiger partial charge in [0.25, 0.3) is 0 Å². The van der Waals surface area contributed by atoms with Gasteiger partial charge in [-0.3, -0.25) is 9.78 Å². The second-order valence-corrected chi connectivity index (χ2v) is 6.79. The summed E-state index contributed by atoms with van der Waals surface area (Å²) in [5.74, 6) is -0.358. The van der Waals surface area contributed by atoms with Crippen LogP contribution in [0.3, 0.4) is 0 Å². The second-order valence-electron chi connectivity index (χ2n) is 6.79. The summed E-state index contributed by atoms with van der Waals surface area (Å²) in [6, 6.07) is 20.5. The van der Waals surface area contributed by atoms with Gasteiger partial charge < -0.3 is 9.47 Å². The normalized spacial score (nSPS) is 12.6. The standard InChI is InChI=1S/C25H21NO4/c1-2-29-25(28)23-22(17-8-4-3-5-9-17)20-12-11-19(16-21(20)24(23)27)30-15-13-18-10-6-7-14-26-18/h3-12,14,16H,2,13,15H2,1H3. The van der Waals surface area contributed by atoms with Gasteiger partial charge >= 0.3 is 5.97 Å². The highest BCUT2D eigenvalue weighted by Crippen LogP contribution is 2.39. The monoisotopic (exact) mass is 399 g/mol. The van der Waals surface area contributed by atoms with Crippen LogP contribution in [0.4, 0.5) is 0 Å².